The number of rotatable bonds is 8. The van der Waals surface area contributed by atoms with E-state index in [-0.39, 0.29) is 24.8 Å². The van der Waals surface area contributed by atoms with Crippen LogP contribution in [0.25, 0.3) is 11.3 Å². The second-order valence-corrected chi connectivity index (χ2v) is 7.40. The molecule has 0 spiro atoms. The lowest BCUT2D eigenvalue weighted by Crippen LogP contribution is -2.30. The smallest absolute Gasteiger partial charge is 0.254 e. The molecule has 0 bridgehead atoms. The highest BCUT2D eigenvalue weighted by Gasteiger charge is 2.20. The predicted molar refractivity (Wildman–Crippen MR) is 121 cm³/mol. The topological polar surface area (TPSA) is 64.8 Å². The zero-order chi connectivity index (χ0) is 23.2. The van der Waals surface area contributed by atoms with Crippen LogP contribution in [0.1, 0.15) is 21.6 Å². The minimum absolute atomic E-state index is 0.200. The summed E-state index contributed by atoms with van der Waals surface area (Å²) >= 11 is 0. The Bertz CT molecular complexity index is 1240. The maximum Gasteiger partial charge on any atom is 0.254 e. The van der Waals surface area contributed by atoms with Gasteiger partial charge in [-0.1, -0.05) is 35.5 Å². The number of para-hydroxylation sites is 1. The lowest BCUT2D eigenvalue weighted by atomic mass is 10.1. The SMILES string of the molecule is COc1cccc(C(=O)N(Cc2ccc(F)cc2)Cc2cc(-c3ccccc3OC)on2)c1. The first-order valence-electron chi connectivity index (χ1n) is 10.3. The van der Waals surface area contributed by atoms with E-state index in [9.17, 15) is 9.18 Å². The van der Waals surface area contributed by atoms with Crippen molar-refractivity contribution < 1.29 is 23.2 Å². The number of carbonyl (C=O) groups excluding carboxylic acids is 1. The molecule has 1 amide bonds. The van der Waals surface area contributed by atoms with Gasteiger partial charge < -0.3 is 18.9 Å². The van der Waals surface area contributed by atoms with Gasteiger partial charge >= 0.3 is 0 Å². The minimum atomic E-state index is -0.331. The summed E-state index contributed by atoms with van der Waals surface area (Å²) in [6, 6.07) is 22.3. The monoisotopic (exact) mass is 446 g/mol. The first kappa shape index (κ1) is 22.1. The Morgan fingerprint density at radius 1 is 0.939 bits per heavy atom. The molecule has 0 aliphatic carbocycles. The van der Waals surface area contributed by atoms with E-state index in [1.54, 1.807) is 61.6 Å². The van der Waals surface area contributed by atoms with Crippen LogP contribution < -0.4 is 9.47 Å². The lowest BCUT2D eigenvalue weighted by molar-refractivity contribution is 0.0726. The standard InChI is InChI=1S/C26H23FN2O4/c1-31-22-7-5-6-19(14-22)26(30)29(16-18-10-12-20(27)13-11-18)17-21-15-25(33-28-21)23-8-3-4-9-24(23)32-2/h3-15H,16-17H2,1-2H3. The van der Waals surface area contributed by atoms with Gasteiger partial charge in [-0.2, -0.15) is 0 Å². The molecular formula is C26H23FN2O4. The summed E-state index contributed by atoms with van der Waals surface area (Å²) in [4.78, 5) is 15.0. The summed E-state index contributed by atoms with van der Waals surface area (Å²) in [5, 5.41) is 4.16. The Hall–Kier alpha value is -4.13. The maximum absolute atomic E-state index is 13.4. The van der Waals surface area contributed by atoms with Crippen molar-refractivity contribution in [3.8, 4) is 22.8 Å². The van der Waals surface area contributed by atoms with E-state index < -0.39 is 0 Å². The molecule has 4 rings (SSSR count). The van der Waals surface area contributed by atoms with Crippen LogP contribution in [0, 0.1) is 5.82 Å². The van der Waals surface area contributed by atoms with Gasteiger partial charge in [-0.15, -0.1) is 0 Å². The summed E-state index contributed by atoms with van der Waals surface area (Å²) in [6.07, 6.45) is 0. The number of halogens is 1. The molecule has 0 aliphatic rings. The zero-order valence-corrected chi connectivity index (χ0v) is 18.3. The third-order valence-corrected chi connectivity index (χ3v) is 5.17. The highest BCUT2D eigenvalue weighted by Crippen LogP contribution is 2.30. The van der Waals surface area contributed by atoms with E-state index in [0.29, 0.717) is 28.5 Å². The molecule has 6 nitrogen and oxygen atoms in total. The second kappa shape index (κ2) is 9.99. The van der Waals surface area contributed by atoms with Crippen molar-refractivity contribution in [1.82, 2.24) is 10.1 Å². The van der Waals surface area contributed by atoms with Crippen LogP contribution >= 0.6 is 0 Å². The van der Waals surface area contributed by atoms with Crippen LogP contribution in [0.5, 0.6) is 11.5 Å². The second-order valence-electron chi connectivity index (χ2n) is 7.40. The highest BCUT2D eigenvalue weighted by atomic mass is 19.1. The molecule has 0 saturated carbocycles. The van der Waals surface area contributed by atoms with Crippen molar-refractivity contribution in [3.05, 3.63) is 102 Å². The Morgan fingerprint density at radius 2 is 1.73 bits per heavy atom. The molecule has 0 saturated heterocycles. The van der Waals surface area contributed by atoms with Crippen molar-refractivity contribution in [1.29, 1.82) is 0 Å². The van der Waals surface area contributed by atoms with Crippen LogP contribution in [-0.4, -0.2) is 30.2 Å². The quantitative estimate of drug-likeness (QED) is 0.366. The summed E-state index contributed by atoms with van der Waals surface area (Å²) < 4.78 is 29.6. The zero-order valence-electron chi connectivity index (χ0n) is 18.3. The molecule has 1 heterocycles. The summed E-state index contributed by atoms with van der Waals surface area (Å²) in [7, 11) is 3.14. The van der Waals surface area contributed by atoms with Crippen molar-refractivity contribution in [3.63, 3.8) is 0 Å². The van der Waals surface area contributed by atoms with Gasteiger partial charge in [0, 0.05) is 18.2 Å². The molecule has 7 heteroatoms. The average molecular weight is 446 g/mol. The number of hydrogen-bond acceptors (Lipinski definition) is 5. The predicted octanol–water partition coefficient (Wildman–Crippen LogP) is 5.34. The Kier molecular flexibility index (Phi) is 6.69. The number of hydrogen-bond donors (Lipinski definition) is 0. The number of amides is 1. The molecule has 4 aromatic rings. The van der Waals surface area contributed by atoms with Gasteiger partial charge in [0.15, 0.2) is 5.76 Å². The number of aromatic nitrogens is 1. The fourth-order valence-corrected chi connectivity index (χ4v) is 3.51. The van der Waals surface area contributed by atoms with Gasteiger partial charge in [-0.25, -0.2) is 4.39 Å². The molecule has 0 radical (unpaired) electrons. The molecule has 168 valence electrons. The maximum atomic E-state index is 13.4. The third-order valence-electron chi connectivity index (χ3n) is 5.17. The molecule has 0 fully saturated rings. The molecule has 3 aromatic carbocycles. The van der Waals surface area contributed by atoms with Crippen molar-refractivity contribution in [2.75, 3.05) is 14.2 Å². The average Bonchev–Trinajstić information content (AvgIpc) is 3.33. The fourth-order valence-electron chi connectivity index (χ4n) is 3.51. The normalized spacial score (nSPS) is 10.6. The van der Waals surface area contributed by atoms with Gasteiger partial charge in [-0.05, 0) is 48.0 Å². The van der Waals surface area contributed by atoms with Crippen LogP contribution in [0.3, 0.4) is 0 Å². The van der Waals surface area contributed by atoms with Crippen molar-refractivity contribution >= 4 is 5.91 Å². The Morgan fingerprint density at radius 3 is 2.48 bits per heavy atom. The van der Waals surface area contributed by atoms with Gasteiger partial charge in [0.25, 0.3) is 5.91 Å². The number of carbonyl (C=O) groups is 1. The summed E-state index contributed by atoms with van der Waals surface area (Å²) in [5.74, 6) is 1.25. The van der Waals surface area contributed by atoms with E-state index in [0.717, 1.165) is 11.1 Å². The first-order valence-corrected chi connectivity index (χ1v) is 10.3. The van der Waals surface area contributed by atoms with Crippen LogP contribution in [0.15, 0.2) is 83.4 Å². The van der Waals surface area contributed by atoms with Gasteiger partial charge in [0.1, 0.15) is 23.0 Å². The van der Waals surface area contributed by atoms with Gasteiger partial charge in [0.05, 0.1) is 26.3 Å². The number of ether oxygens (including phenoxy) is 2. The molecule has 1 aromatic heterocycles. The lowest BCUT2D eigenvalue weighted by Gasteiger charge is -2.22. The van der Waals surface area contributed by atoms with Gasteiger partial charge in [-0.3, -0.25) is 4.79 Å². The largest absolute Gasteiger partial charge is 0.497 e. The van der Waals surface area contributed by atoms with Crippen molar-refractivity contribution in [2.24, 2.45) is 0 Å². The van der Waals surface area contributed by atoms with E-state index in [1.165, 1.54) is 12.1 Å². The van der Waals surface area contributed by atoms with Gasteiger partial charge in [0.2, 0.25) is 0 Å². The number of benzene rings is 3. The molecule has 0 unspecified atom stereocenters. The minimum Gasteiger partial charge on any atom is -0.497 e. The first-order chi connectivity index (χ1) is 16.1. The van der Waals surface area contributed by atoms with Crippen LogP contribution in [0.2, 0.25) is 0 Å². The molecule has 0 aliphatic heterocycles. The third kappa shape index (κ3) is 5.20. The van der Waals surface area contributed by atoms with Crippen LogP contribution in [0.4, 0.5) is 4.39 Å². The fraction of sp³-hybridized carbons (Fsp3) is 0.154. The summed E-state index contributed by atoms with van der Waals surface area (Å²) in [5.41, 5.74) is 2.61. The Balaban J connectivity index is 1.62. The van der Waals surface area contributed by atoms with E-state index in [1.807, 2.05) is 24.3 Å². The molecule has 0 atom stereocenters. The number of methoxy groups -OCH3 is 2. The molecular weight excluding hydrogens is 423 g/mol. The van der Waals surface area contributed by atoms with E-state index in [4.69, 9.17) is 14.0 Å². The molecule has 33 heavy (non-hydrogen) atoms. The van der Waals surface area contributed by atoms with E-state index >= 15 is 0 Å². The highest BCUT2D eigenvalue weighted by molar-refractivity contribution is 5.94. The Labute approximate surface area is 191 Å². The number of nitrogens with zero attached hydrogens (tertiary/aromatic N) is 2. The summed E-state index contributed by atoms with van der Waals surface area (Å²) in [6.45, 7) is 0.471. The molecule has 0 N–H and O–H groups in total. The van der Waals surface area contributed by atoms with Crippen molar-refractivity contribution in [2.45, 2.75) is 13.1 Å². The van der Waals surface area contributed by atoms with Crippen LogP contribution in [-0.2, 0) is 13.1 Å². The van der Waals surface area contributed by atoms with E-state index in [2.05, 4.69) is 5.16 Å².